The second kappa shape index (κ2) is 7.37. The molecule has 0 atom stereocenters. The van der Waals surface area contributed by atoms with Crippen molar-refractivity contribution in [1.29, 1.82) is 0 Å². The largest absolute Gasteiger partial charge is 0.394 e. The lowest BCUT2D eigenvalue weighted by Gasteiger charge is -2.29. The summed E-state index contributed by atoms with van der Waals surface area (Å²) in [5, 5.41) is 17.4. The molecule has 0 unspecified atom stereocenters. The highest BCUT2D eigenvalue weighted by molar-refractivity contribution is 6.39. The van der Waals surface area contributed by atoms with Gasteiger partial charge < -0.3 is 19.7 Å². The van der Waals surface area contributed by atoms with Crippen molar-refractivity contribution in [1.82, 2.24) is 10.5 Å². The second-order valence-corrected chi connectivity index (χ2v) is 5.42. The van der Waals surface area contributed by atoms with E-state index in [9.17, 15) is 9.59 Å². The number of hydrogen-bond acceptors (Lipinski definition) is 6. The molecule has 0 saturated heterocycles. The van der Waals surface area contributed by atoms with Crippen LogP contribution in [0.25, 0.3) is 0 Å². The van der Waals surface area contributed by atoms with Gasteiger partial charge >= 0.3 is 11.8 Å². The second-order valence-electron chi connectivity index (χ2n) is 5.42. The van der Waals surface area contributed by atoms with Crippen molar-refractivity contribution in [3.8, 4) is 0 Å². The van der Waals surface area contributed by atoms with Crippen molar-refractivity contribution in [2.24, 2.45) is 0 Å². The molecule has 122 valence electrons. The van der Waals surface area contributed by atoms with Crippen LogP contribution in [0.15, 0.2) is 10.6 Å². The smallest absolute Gasteiger partial charge is 0.314 e. The number of anilines is 1. The summed E-state index contributed by atoms with van der Waals surface area (Å²) in [7, 11) is 0. The molecular weight excluding hydrogens is 290 g/mol. The van der Waals surface area contributed by atoms with Gasteiger partial charge in [-0.1, -0.05) is 18.0 Å². The molecule has 0 aromatic carbocycles. The van der Waals surface area contributed by atoms with E-state index in [2.05, 4.69) is 15.8 Å². The molecule has 8 nitrogen and oxygen atoms in total. The van der Waals surface area contributed by atoms with Crippen LogP contribution in [0, 0.1) is 6.92 Å². The van der Waals surface area contributed by atoms with Crippen LogP contribution in [-0.4, -0.2) is 47.4 Å². The van der Waals surface area contributed by atoms with Crippen molar-refractivity contribution >= 4 is 17.6 Å². The van der Waals surface area contributed by atoms with Gasteiger partial charge in [-0.05, 0) is 19.8 Å². The maximum Gasteiger partial charge on any atom is 0.314 e. The normalized spacial score (nSPS) is 16.5. The Morgan fingerprint density at radius 1 is 1.41 bits per heavy atom. The molecule has 0 spiro atoms. The highest BCUT2D eigenvalue weighted by atomic mass is 16.5. The molecule has 2 rings (SSSR count). The molecular formula is C14H21N3O5. The Hall–Kier alpha value is -1.93. The van der Waals surface area contributed by atoms with Gasteiger partial charge in [0.25, 0.3) is 0 Å². The Labute approximate surface area is 128 Å². The quantitative estimate of drug-likeness (QED) is 0.654. The fourth-order valence-corrected chi connectivity index (χ4v) is 2.57. The maximum absolute atomic E-state index is 11.8. The fourth-order valence-electron chi connectivity index (χ4n) is 2.57. The van der Waals surface area contributed by atoms with Crippen LogP contribution in [-0.2, 0) is 14.3 Å². The maximum atomic E-state index is 11.8. The number of aryl methyl sites for hydroxylation is 1. The molecule has 1 fully saturated rings. The predicted molar refractivity (Wildman–Crippen MR) is 77.1 cm³/mol. The molecule has 2 amide bonds. The van der Waals surface area contributed by atoms with E-state index in [1.165, 1.54) is 6.07 Å². The molecule has 3 N–H and O–H groups in total. The number of nitrogens with zero attached hydrogens (tertiary/aromatic N) is 1. The molecule has 0 bridgehead atoms. The Bertz CT molecular complexity index is 522. The zero-order valence-electron chi connectivity index (χ0n) is 12.6. The topological polar surface area (TPSA) is 114 Å². The summed E-state index contributed by atoms with van der Waals surface area (Å²) < 4.78 is 10.5. The molecule has 0 radical (unpaired) electrons. The highest BCUT2D eigenvalue weighted by Crippen LogP contribution is 2.32. The SMILES string of the molecule is Cc1cc(NC(=O)C(=O)NCC2(OCCO)CCCC2)no1. The van der Waals surface area contributed by atoms with E-state index in [1.807, 2.05) is 0 Å². The summed E-state index contributed by atoms with van der Waals surface area (Å²) in [5.74, 6) is -0.814. The number of aliphatic hydroxyl groups excluding tert-OH is 1. The van der Waals surface area contributed by atoms with Crippen LogP contribution in [0.1, 0.15) is 31.4 Å². The van der Waals surface area contributed by atoms with E-state index < -0.39 is 17.4 Å². The molecule has 1 aromatic rings. The Morgan fingerprint density at radius 2 is 2.14 bits per heavy atom. The van der Waals surface area contributed by atoms with Gasteiger partial charge in [-0.2, -0.15) is 0 Å². The van der Waals surface area contributed by atoms with Gasteiger partial charge in [0.1, 0.15) is 5.76 Å². The summed E-state index contributed by atoms with van der Waals surface area (Å²) in [6, 6.07) is 1.52. The minimum absolute atomic E-state index is 0.0678. The first-order valence-corrected chi connectivity index (χ1v) is 7.32. The third-order valence-electron chi connectivity index (χ3n) is 3.66. The molecule has 1 heterocycles. The van der Waals surface area contributed by atoms with Gasteiger partial charge in [-0.15, -0.1) is 0 Å². The number of aromatic nitrogens is 1. The number of carbonyl (C=O) groups is 2. The standard InChI is InChI=1S/C14H21N3O5/c1-10-8-11(17-22-10)16-13(20)12(19)15-9-14(21-7-6-18)4-2-3-5-14/h8,18H,2-7,9H2,1H3,(H,15,19)(H,16,17,20). The minimum atomic E-state index is -0.802. The lowest BCUT2D eigenvalue weighted by molar-refractivity contribution is -0.137. The van der Waals surface area contributed by atoms with Crippen molar-refractivity contribution < 1.29 is 24.0 Å². The van der Waals surface area contributed by atoms with Gasteiger partial charge in [0.2, 0.25) is 0 Å². The highest BCUT2D eigenvalue weighted by Gasteiger charge is 2.35. The zero-order valence-corrected chi connectivity index (χ0v) is 12.6. The summed E-state index contributed by atoms with van der Waals surface area (Å²) in [6.07, 6.45) is 3.62. The van der Waals surface area contributed by atoms with Gasteiger partial charge in [0.05, 0.1) is 18.8 Å². The van der Waals surface area contributed by atoms with E-state index in [-0.39, 0.29) is 25.6 Å². The van der Waals surface area contributed by atoms with Crippen LogP contribution in [0.3, 0.4) is 0 Å². The predicted octanol–water partition coefficient (Wildman–Crippen LogP) is 0.359. The average Bonchev–Trinajstić information content (AvgIpc) is 3.12. The van der Waals surface area contributed by atoms with E-state index in [0.29, 0.717) is 5.76 Å². The molecule has 22 heavy (non-hydrogen) atoms. The van der Waals surface area contributed by atoms with Crippen LogP contribution >= 0.6 is 0 Å². The minimum Gasteiger partial charge on any atom is -0.394 e. The van der Waals surface area contributed by atoms with Gasteiger partial charge in [-0.3, -0.25) is 14.9 Å². The Morgan fingerprint density at radius 3 is 2.73 bits per heavy atom. The fraction of sp³-hybridized carbons (Fsp3) is 0.643. The molecule has 1 aliphatic rings. The number of hydrogen-bond donors (Lipinski definition) is 3. The van der Waals surface area contributed by atoms with Crippen molar-refractivity contribution in [3.05, 3.63) is 11.8 Å². The Balaban J connectivity index is 1.83. The molecule has 0 aliphatic heterocycles. The van der Waals surface area contributed by atoms with E-state index >= 15 is 0 Å². The first kappa shape index (κ1) is 16.4. The van der Waals surface area contributed by atoms with E-state index in [0.717, 1.165) is 25.7 Å². The van der Waals surface area contributed by atoms with Crippen molar-refractivity contribution in [3.63, 3.8) is 0 Å². The van der Waals surface area contributed by atoms with Gasteiger partial charge in [0, 0.05) is 12.6 Å². The van der Waals surface area contributed by atoms with Crippen molar-refractivity contribution in [2.45, 2.75) is 38.2 Å². The van der Waals surface area contributed by atoms with Crippen LogP contribution in [0.2, 0.25) is 0 Å². The first-order chi connectivity index (χ1) is 10.5. The number of ether oxygens (including phenoxy) is 1. The summed E-state index contributed by atoms with van der Waals surface area (Å²) in [6.45, 7) is 2.09. The monoisotopic (exact) mass is 311 g/mol. The van der Waals surface area contributed by atoms with Gasteiger partial charge in [-0.25, -0.2) is 0 Å². The zero-order chi connectivity index (χ0) is 16.0. The number of amides is 2. The summed E-state index contributed by atoms with van der Waals surface area (Å²) in [4.78, 5) is 23.6. The number of aliphatic hydroxyl groups is 1. The molecule has 1 saturated carbocycles. The summed E-state index contributed by atoms with van der Waals surface area (Å²) >= 11 is 0. The average molecular weight is 311 g/mol. The third-order valence-corrected chi connectivity index (χ3v) is 3.66. The molecule has 8 heteroatoms. The summed E-state index contributed by atoms with van der Waals surface area (Å²) in [5.41, 5.74) is -0.483. The van der Waals surface area contributed by atoms with E-state index in [1.54, 1.807) is 6.92 Å². The first-order valence-electron chi connectivity index (χ1n) is 7.32. The van der Waals surface area contributed by atoms with Gasteiger partial charge in [0.15, 0.2) is 5.82 Å². The van der Waals surface area contributed by atoms with Crippen LogP contribution in [0.5, 0.6) is 0 Å². The lowest BCUT2D eigenvalue weighted by Crippen LogP contribution is -2.46. The molecule has 1 aromatic heterocycles. The number of carbonyl (C=O) groups excluding carboxylic acids is 2. The third kappa shape index (κ3) is 4.28. The number of nitrogens with one attached hydrogen (secondary N) is 2. The van der Waals surface area contributed by atoms with Crippen molar-refractivity contribution in [2.75, 3.05) is 25.1 Å². The Kier molecular flexibility index (Phi) is 5.51. The lowest BCUT2D eigenvalue weighted by atomic mass is 10.0. The molecule has 1 aliphatic carbocycles. The van der Waals surface area contributed by atoms with E-state index in [4.69, 9.17) is 14.4 Å². The number of rotatable bonds is 6. The van der Waals surface area contributed by atoms with Crippen LogP contribution in [0.4, 0.5) is 5.82 Å². The van der Waals surface area contributed by atoms with Crippen LogP contribution < -0.4 is 10.6 Å².